The van der Waals surface area contributed by atoms with E-state index in [0.717, 1.165) is 18.4 Å². The Bertz CT molecular complexity index is 684. The SMILES string of the molecule is CCOc1cc(C(=O)N(Cc2ccc(Cl)cc2)C2CC2)ccn1. The van der Waals surface area contributed by atoms with Crippen molar-refractivity contribution < 1.29 is 9.53 Å². The molecule has 4 nitrogen and oxygen atoms in total. The van der Waals surface area contributed by atoms with E-state index in [9.17, 15) is 4.79 Å². The van der Waals surface area contributed by atoms with E-state index in [1.165, 1.54) is 0 Å². The predicted octanol–water partition coefficient (Wildman–Crippen LogP) is 3.94. The molecule has 5 heteroatoms. The lowest BCUT2D eigenvalue weighted by atomic mass is 10.1. The van der Waals surface area contributed by atoms with Crippen LogP contribution in [-0.2, 0) is 6.54 Å². The first-order valence-corrected chi connectivity index (χ1v) is 8.19. The van der Waals surface area contributed by atoms with Gasteiger partial charge in [0.05, 0.1) is 6.61 Å². The van der Waals surface area contributed by atoms with Crippen molar-refractivity contribution in [3.63, 3.8) is 0 Å². The second-order valence-electron chi connectivity index (χ2n) is 5.61. The Morgan fingerprint density at radius 3 is 2.70 bits per heavy atom. The Hall–Kier alpha value is -2.07. The number of amides is 1. The summed E-state index contributed by atoms with van der Waals surface area (Å²) in [7, 11) is 0. The summed E-state index contributed by atoms with van der Waals surface area (Å²) in [5.41, 5.74) is 1.69. The Morgan fingerprint density at radius 2 is 2.04 bits per heavy atom. The summed E-state index contributed by atoms with van der Waals surface area (Å²) in [6, 6.07) is 11.4. The third kappa shape index (κ3) is 4.02. The summed E-state index contributed by atoms with van der Waals surface area (Å²) in [4.78, 5) is 18.9. The van der Waals surface area contributed by atoms with Crippen molar-refractivity contribution in [1.29, 1.82) is 0 Å². The minimum absolute atomic E-state index is 0.0193. The maximum atomic E-state index is 12.9. The van der Waals surface area contributed by atoms with Gasteiger partial charge < -0.3 is 9.64 Å². The lowest BCUT2D eigenvalue weighted by Crippen LogP contribution is -2.32. The second-order valence-corrected chi connectivity index (χ2v) is 6.04. The molecule has 0 saturated heterocycles. The summed E-state index contributed by atoms with van der Waals surface area (Å²) in [6.45, 7) is 3.02. The third-order valence-electron chi connectivity index (χ3n) is 3.79. The molecule has 1 aliphatic carbocycles. The van der Waals surface area contributed by atoms with Crippen molar-refractivity contribution in [2.75, 3.05) is 6.61 Å². The van der Waals surface area contributed by atoms with E-state index in [0.29, 0.717) is 35.7 Å². The average molecular weight is 331 g/mol. The third-order valence-corrected chi connectivity index (χ3v) is 4.04. The number of benzene rings is 1. The molecule has 0 N–H and O–H groups in total. The van der Waals surface area contributed by atoms with Gasteiger partial charge in [-0.2, -0.15) is 0 Å². The van der Waals surface area contributed by atoms with Crippen LogP contribution in [0.1, 0.15) is 35.7 Å². The highest BCUT2D eigenvalue weighted by Gasteiger charge is 2.33. The maximum absolute atomic E-state index is 12.9. The predicted molar refractivity (Wildman–Crippen MR) is 89.8 cm³/mol. The fourth-order valence-corrected chi connectivity index (χ4v) is 2.60. The van der Waals surface area contributed by atoms with Gasteiger partial charge in [0.15, 0.2) is 0 Å². The van der Waals surface area contributed by atoms with Gasteiger partial charge in [0.1, 0.15) is 0 Å². The molecule has 23 heavy (non-hydrogen) atoms. The van der Waals surface area contributed by atoms with Crippen LogP contribution in [-0.4, -0.2) is 28.4 Å². The Morgan fingerprint density at radius 1 is 1.30 bits per heavy atom. The summed E-state index contributed by atoms with van der Waals surface area (Å²) in [5, 5.41) is 0.702. The van der Waals surface area contributed by atoms with Crippen molar-refractivity contribution in [3.8, 4) is 5.88 Å². The van der Waals surface area contributed by atoms with Crippen LogP contribution in [0.15, 0.2) is 42.6 Å². The van der Waals surface area contributed by atoms with Crippen LogP contribution < -0.4 is 4.74 Å². The maximum Gasteiger partial charge on any atom is 0.254 e. The molecule has 2 aromatic rings. The Labute approximate surface area is 141 Å². The molecule has 1 fully saturated rings. The van der Waals surface area contributed by atoms with Gasteiger partial charge in [0.2, 0.25) is 5.88 Å². The van der Waals surface area contributed by atoms with Crippen molar-refractivity contribution in [2.45, 2.75) is 32.4 Å². The van der Waals surface area contributed by atoms with Gasteiger partial charge in [0, 0.05) is 35.4 Å². The molecule has 1 saturated carbocycles. The molecule has 0 spiro atoms. The fraction of sp³-hybridized carbons (Fsp3) is 0.333. The van der Waals surface area contributed by atoms with Crippen molar-refractivity contribution in [1.82, 2.24) is 9.88 Å². The molecule has 3 rings (SSSR count). The zero-order chi connectivity index (χ0) is 16.2. The molecule has 1 aromatic carbocycles. The minimum atomic E-state index is 0.0193. The first-order chi connectivity index (χ1) is 11.2. The van der Waals surface area contributed by atoms with E-state index in [4.69, 9.17) is 16.3 Å². The number of aromatic nitrogens is 1. The number of hydrogen-bond donors (Lipinski definition) is 0. The van der Waals surface area contributed by atoms with Crippen LogP contribution in [0, 0.1) is 0 Å². The number of carbonyl (C=O) groups excluding carboxylic acids is 1. The standard InChI is InChI=1S/C18H19ClN2O2/c1-2-23-17-11-14(9-10-20-17)18(22)21(16-7-8-16)12-13-3-5-15(19)6-4-13/h3-6,9-11,16H,2,7-8,12H2,1H3. The zero-order valence-corrected chi connectivity index (χ0v) is 13.8. The smallest absolute Gasteiger partial charge is 0.254 e. The second kappa shape index (κ2) is 7.01. The fourth-order valence-electron chi connectivity index (χ4n) is 2.47. The number of carbonyl (C=O) groups is 1. The zero-order valence-electron chi connectivity index (χ0n) is 13.0. The molecular weight excluding hydrogens is 312 g/mol. The molecule has 1 aromatic heterocycles. The van der Waals surface area contributed by atoms with Crippen LogP contribution >= 0.6 is 11.6 Å². The molecule has 0 radical (unpaired) electrons. The first-order valence-electron chi connectivity index (χ1n) is 7.81. The lowest BCUT2D eigenvalue weighted by Gasteiger charge is -2.23. The van der Waals surface area contributed by atoms with Crippen LogP contribution in [0.4, 0.5) is 0 Å². The molecule has 1 amide bonds. The molecule has 0 atom stereocenters. The highest BCUT2D eigenvalue weighted by Crippen LogP contribution is 2.30. The van der Waals surface area contributed by atoms with Crippen molar-refractivity contribution >= 4 is 17.5 Å². The van der Waals surface area contributed by atoms with Crippen LogP contribution in [0.3, 0.4) is 0 Å². The number of halogens is 1. The van der Waals surface area contributed by atoms with Gasteiger partial charge in [-0.25, -0.2) is 4.98 Å². The number of ether oxygens (including phenoxy) is 1. The van der Waals surface area contributed by atoms with E-state index in [-0.39, 0.29) is 5.91 Å². The summed E-state index contributed by atoms with van der Waals surface area (Å²) in [6.07, 6.45) is 3.73. The van der Waals surface area contributed by atoms with Crippen LogP contribution in [0.5, 0.6) is 5.88 Å². The number of nitrogens with zero attached hydrogens (tertiary/aromatic N) is 2. The Kier molecular flexibility index (Phi) is 4.82. The summed E-state index contributed by atoms with van der Waals surface area (Å²) in [5.74, 6) is 0.506. The van der Waals surface area contributed by atoms with Gasteiger partial charge in [-0.3, -0.25) is 4.79 Å². The van der Waals surface area contributed by atoms with E-state index in [2.05, 4.69) is 4.98 Å². The average Bonchev–Trinajstić information content (AvgIpc) is 3.39. The topological polar surface area (TPSA) is 42.4 Å². The minimum Gasteiger partial charge on any atom is -0.478 e. The molecule has 120 valence electrons. The highest BCUT2D eigenvalue weighted by atomic mass is 35.5. The van der Waals surface area contributed by atoms with Gasteiger partial charge in [-0.1, -0.05) is 23.7 Å². The molecule has 0 unspecified atom stereocenters. The number of pyridine rings is 1. The lowest BCUT2D eigenvalue weighted by molar-refractivity contribution is 0.0729. The van der Waals surface area contributed by atoms with Gasteiger partial charge in [-0.15, -0.1) is 0 Å². The van der Waals surface area contributed by atoms with Gasteiger partial charge in [-0.05, 0) is 43.5 Å². The van der Waals surface area contributed by atoms with E-state index in [1.54, 1.807) is 18.3 Å². The summed E-state index contributed by atoms with van der Waals surface area (Å²) < 4.78 is 5.39. The number of hydrogen-bond acceptors (Lipinski definition) is 3. The van der Waals surface area contributed by atoms with Gasteiger partial charge >= 0.3 is 0 Å². The largest absolute Gasteiger partial charge is 0.478 e. The summed E-state index contributed by atoms with van der Waals surface area (Å²) >= 11 is 5.93. The normalized spacial score (nSPS) is 13.7. The molecule has 0 bridgehead atoms. The molecular formula is C18H19ClN2O2. The monoisotopic (exact) mass is 330 g/mol. The highest BCUT2D eigenvalue weighted by molar-refractivity contribution is 6.30. The van der Waals surface area contributed by atoms with Crippen molar-refractivity contribution in [3.05, 3.63) is 58.7 Å². The van der Waals surface area contributed by atoms with Crippen LogP contribution in [0.25, 0.3) is 0 Å². The first kappa shape index (κ1) is 15.8. The number of rotatable bonds is 6. The Balaban J connectivity index is 1.79. The molecule has 1 heterocycles. The molecule has 0 aliphatic heterocycles. The van der Waals surface area contributed by atoms with Crippen LogP contribution in [0.2, 0.25) is 5.02 Å². The quantitative estimate of drug-likeness (QED) is 0.805. The van der Waals surface area contributed by atoms with Crippen molar-refractivity contribution in [2.24, 2.45) is 0 Å². The van der Waals surface area contributed by atoms with Gasteiger partial charge in [0.25, 0.3) is 5.91 Å². The van der Waals surface area contributed by atoms with E-state index in [1.807, 2.05) is 36.1 Å². The van der Waals surface area contributed by atoms with E-state index < -0.39 is 0 Å². The molecule has 1 aliphatic rings. The van der Waals surface area contributed by atoms with E-state index >= 15 is 0 Å².